The van der Waals surface area contributed by atoms with Crippen LogP contribution in [0, 0.1) is 17.8 Å². The largest absolute Gasteiger partial charge is 0.330 e. The maximum Gasteiger partial charge on any atom is 0.115 e. The molecule has 0 saturated heterocycles. The van der Waals surface area contributed by atoms with E-state index in [0.29, 0.717) is 5.41 Å². The lowest BCUT2D eigenvalue weighted by Gasteiger charge is -2.56. The monoisotopic (exact) mass is 271 g/mol. The van der Waals surface area contributed by atoms with E-state index in [4.69, 9.17) is 10.7 Å². The summed E-state index contributed by atoms with van der Waals surface area (Å²) in [5.74, 6) is 4.39. The Balaban J connectivity index is 1.60. The number of aromatic nitrogens is 2. The lowest BCUT2D eigenvalue weighted by atomic mass is 9.49. The summed E-state index contributed by atoms with van der Waals surface area (Å²) in [6.45, 7) is 1.15. The van der Waals surface area contributed by atoms with Gasteiger partial charge in [-0.3, -0.25) is 0 Å². The van der Waals surface area contributed by atoms with Gasteiger partial charge >= 0.3 is 0 Å². The molecule has 1 aromatic heterocycles. The number of hydrogen-bond acceptors (Lipinski definition) is 2. The Labute approximate surface area is 120 Å². The topological polar surface area (TPSA) is 43.8 Å². The molecule has 3 nitrogen and oxygen atoms in total. The molecule has 3 heteroatoms. The molecule has 5 aliphatic rings. The molecule has 0 radical (unpaired) electrons. The van der Waals surface area contributed by atoms with Crippen molar-refractivity contribution in [3.8, 4) is 0 Å². The molecule has 2 N–H and O–H groups in total. The van der Waals surface area contributed by atoms with Crippen LogP contribution in [0.25, 0.3) is 0 Å². The van der Waals surface area contributed by atoms with Crippen LogP contribution < -0.4 is 5.73 Å². The van der Waals surface area contributed by atoms with Crippen molar-refractivity contribution in [2.75, 3.05) is 0 Å². The van der Waals surface area contributed by atoms with Gasteiger partial charge in [-0.05, 0) is 69.1 Å². The number of fused-ring (bicyclic) bond motifs is 1. The van der Waals surface area contributed by atoms with Gasteiger partial charge in [0.05, 0.1) is 11.9 Å². The molecule has 1 atom stereocenters. The fourth-order valence-corrected chi connectivity index (χ4v) is 6.34. The summed E-state index contributed by atoms with van der Waals surface area (Å²) in [7, 11) is 0. The van der Waals surface area contributed by atoms with Gasteiger partial charge in [0, 0.05) is 18.0 Å². The van der Waals surface area contributed by atoms with Gasteiger partial charge in [0.15, 0.2) is 0 Å². The van der Waals surface area contributed by atoms with Crippen LogP contribution in [0.1, 0.15) is 68.9 Å². The SMILES string of the molecule is NC1CCCn2c1cnc2C12CC3CC(CC(C3)C1)C2. The number of imidazole rings is 1. The zero-order valence-electron chi connectivity index (χ0n) is 12.2. The molecule has 6 rings (SSSR count). The van der Waals surface area contributed by atoms with E-state index in [9.17, 15) is 0 Å². The molecule has 4 fully saturated rings. The molecule has 108 valence electrons. The molecule has 4 bridgehead atoms. The first-order valence-electron chi connectivity index (χ1n) is 8.55. The fraction of sp³-hybridized carbons (Fsp3) is 0.824. The van der Waals surface area contributed by atoms with Crippen LogP contribution in [0.2, 0.25) is 0 Å². The third-order valence-corrected chi connectivity index (χ3v) is 6.68. The van der Waals surface area contributed by atoms with Crippen molar-refractivity contribution in [2.24, 2.45) is 23.5 Å². The summed E-state index contributed by atoms with van der Waals surface area (Å²) in [6.07, 6.45) is 13.2. The van der Waals surface area contributed by atoms with Gasteiger partial charge in [0.2, 0.25) is 0 Å². The predicted molar refractivity (Wildman–Crippen MR) is 78.2 cm³/mol. The quantitative estimate of drug-likeness (QED) is 0.852. The maximum absolute atomic E-state index is 6.29. The highest BCUT2D eigenvalue weighted by Crippen LogP contribution is 2.60. The van der Waals surface area contributed by atoms with Crippen molar-refractivity contribution in [1.82, 2.24) is 9.55 Å². The molecule has 4 aliphatic carbocycles. The summed E-state index contributed by atoms with van der Waals surface area (Å²) in [5, 5.41) is 0. The second-order valence-electron chi connectivity index (χ2n) is 8.10. The summed E-state index contributed by atoms with van der Waals surface area (Å²) < 4.78 is 2.52. The Kier molecular flexibility index (Phi) is 2.29. The maximum atomic E-state index is 6.29. The van der Waals surface area contributed by atoms with Crippen LogP contribution in [0.5, 0.6) is 0 Å². The number of nitrogens with two attached hydrogens (primary N) is 1. The first kappa shape index (κ1) is 11.8. The molecular weight excluding hydrogens is 246 g/mol. The van der Waals surface area contributed by atoms with E-state index in [1.165, 1.54) is 56.5 Å². The van der Waals surface area contributed by atoms with Gasteiger partial charge in [0.25, 0.3) is 0 Å². The highest BCUT2D eigenvalue weighted by atomic mass is 15.1. The Morgan fingerprint density at radius 1 is 1.10 bits per heavy atom. The fourth-order valence-electron chi connectivity index (χ4n) is 6.34. The van der Waals surface area contributed by atoms with E-state index in [1.54, 1.807) is 0 Å². The standard InChI is InChI=1S/C17H25N3/c18-14-2-1-3-20-15(14)10-19-16(20)17-7-11-4-12(8-17)6-13(5-11)9-17/h10-14H,1-9,18H2. The van der Waals surface area contributed by atoms with Crippen molar-refractivity contribution in [3.63, 3.8) is 0 Å². The minimum atomic E-state index is 0.221. The molecule has 0 amide bonds. The highest BCUT2D eigenvalue weighted by Gasteiger charge is 2.53. The van der Waals surface area contributed by atoms with Gasteiger partial charge in [-0.2, -0.15) is 0 Å². The van der Waals surface area contributed by atoms with E-state index in [-0.39, 0.29) is 6.04 Å². The van der Waals surface area contributed by atoms with E-state index >= 15 is 0 Å². The third kappa shape index (κ3) is 1.47. The summed E-state index contributed by atoms with van der Waals surface area (Å²) in [5.41, 5.74) is 8.02. The highest BCUT2D eigenvalue weighted by molar-refractivity contribution is 5.23. The summed E-state index contributed by atoms with van der Waals surface area (Å²) >= 11 is 0. The molecule has 1 unspecified atom stereocenters. The van der Waals surface area contributed by atoms with Crippen molar-refractivity contribution >= 4 is 0 Å². The Morgan fingerprint density at radius 3 is 2.40 bits per heavy atom. The smallest absolute Gasteiger partial charge is 0.115 e. The van der Waals surface area contributed by atoms with Gasteiger partial charge in [-0.1, -0.05) is 0 Å². The molecule has 20 heavy (non-hydrogen) atoms. The number of hydrogen-bond donors (Lipinski definition) is 1. The molecule has 1 aromatic rings. The van der Waals surface area contributed by atoms with E-state index in [1.807, 2.05) is 0 Å². The average Bonchev–Trinajstić information content (AvgIpc) is 2.83. The zero-order valence-corrected chi connectivity index (χ0v) is 12.2. The molecular formula is C17H25N3. The van der Waals surface area contributed by atoms with E-state index < -0.39 is 0 Å². The van der Waals surface area contributed by atoms with Crippen LogP contribution in [0.15, 0.2) is 6.20 Å². The van der Waals surface area contributed by atoms with Gasteiger partial charge in [-0.15, -0.1) is 0 Å². The van der Waals surface area contributed by atoms with Gasteiger partial charge < -0.3 is 10.3 Å². The van der Waals surface area contributed by atoms with Gasteiger partial charge in [0.1, 0.15) is 5.82 Å². The Hall–Kier alpha value is -0.830. The predicted octanol–water partition coefficient (Wildman–Crippen LogP) is 3.14. The molecule has 0 aromatic carbocycles. The van der Waals surface area contributed by atoms with Crippen molar-refractivity contribution < 1.29 is 0 Å². The summed E-state index contributed by atoms with van der Waals surface area (Å²) in [4.78, 5) is 4.92. The Morgan fingerprint density at radius 2 is 1.75 bits per heavy atom. The van der Waals surface area contributed by atoms with Crippen molar-refractivity contribution in [3.05, 3.63) is 17.7 Å². The number of nitrogens with zero attached hydrogens (tertiary/aromatic N) is 2. The van der Waals surface area contributed by atoms with Crippen LogP contribution in [-0.4, -0.2) is 9.55 Å². The van der Waals surface area contributed by atoms with Crippen molar-refractivity contribution in [2.45, 2.75) is 69.4 Å². The van der Waals surface area contributed by atoms with Crippen LogP contribution in [-0.2, 0) is 12.0 Å². The lowest BCUT2D eigenvalue weighted by Crippen LogP contribution is -2.50. The normalized spacial score (nSPS) is 45.6. The first-order chi connectivity index (χ1) is 9.73. The number of rotatable bonds is 1. The average molecular weight is 271 g/mol. The minimum absolute atomic E-state index is 0.221. The van der Waals surface area contributed by atoms with Crippen LogP contribution >= 0.6 is 0 Å². The van der Waals surface area contributed by atoms with Gasteiger partial charge in [-0.25, -0.2) is 4.98 Å². The van der Waals surface area contributed by atoms with Crippen LogP contribution in [0.4, 0.5) is 0 Å². The molecule has 1 aliphatic heterocycles. The second kappa shape index (κ2) is 3.88. The van der Waals surface area contributed by atoms with Crippen LogP contribution in [0.3, 0.4) is 0 Å². The van der Waals surface area contributed by atoms with E-state index in [0.717, 1.165) is 30.7 Å². The minimum Gasteiger partial charge on any atom is -0.330 e. The molecule has 0 spiro atoms. The molecule has 4 saturated carbocycles. The third-order valence-electron chi connectivity index (χ3n) is 6.68. The lowest BCUT2D eigenvalue weighted by molar-refractivity contribution is -0.0113. The second-order valence-corrected chi connectivity index (χ2v) is 8.10. The van der Waals surface area contributed by atoms with Crippen molar-refractivity contribution in [1.29, 1.82) is 0 Å². The zero-order chi connectivity index (χ0) is 13.3. The molecule has 2 heterocycles. The Bertz CT molecular complexity index is 509. The first-order valence-corrected chi connectivity index (χ1v) is 8.55. The van der Waals surface area contributed by atoms with E-state index in [2.05, 4.69) is 10.8 Å². The summed E-state index contributed by atoms with van der Waals surface area (Å²) in [6, 6.07) is 0.221.